The van der Waals surface area contributed by atoms with E-state index in [2.05, 4.69) is 40.4 Å². The van der Waals surface area contributed by atoms with Gasteiger partial charge in [-0.25, -0.2) is 9.69 Å². The summed E-state index contributed by atoms with van der Waals surface area (Å²) in [7, 11) is -5.66. The van der Waals surface area contributed by atoms with Crippen molar-refractivity contribution in [3.63, 3.8) is 0 Å². The molecule has 2 heterocycles. The van der Waals surface area contributed by atoms with Gasteiger partial charge in [0.2, 0.25) is 11.0 Å². The number of hydrogen-bond acceptors (Lipinski definition) is 10. The maximum atomic E-state index is 14.3. The number of carbonyl (C=O) groups is 3. The highest BCUT2D eigenvalue weighted by Crippen LogP contribution is 2.59. The zero-order chi connectivity index (χ0) is 30.4. The molecule has 0 aromatic heterocycles. The monoisotopic (exact) mass is 621 g/mol. The molecule has 2 amide bonds. The molecule has 1 unspecified atom stereocenters. The maximum absolute atomic E-state index is 14.3. The van der Waals surface area contributed by atoms with Gasteiger partial charge in [0.1, 0.15) is 23.5 Å². The van der Waals surface area contributed by atoms with Gasteiger partial charge in [0.05, 0.1) is 25.9 Å². The summed E-state index contributed by atoms with van der Waals surface area (Å²) in [6.07, 6.45) is 0.528. The van der Waals surface area contributed by atoms with Gasteiger partial charge in [-0.15, -0.1) is 0 Å². The number of thioether (sulfide) groups is 1. The minimum absolute atomic E-state index is 0.0831. The molecule has 0 saturated carbocycles. The van der Waals surface area contributed by atoms with Gasteiger partial charge >= 0.3 is 6.09 Å². The third kappa shape index (κ3) is 7.50. The van der Waals surface area contributed by atoms with E-state index in [1.165, 1.54) is 6.08 Å². The van der Waals surface area contributed by atoms with E-state index in [1.54, 1.807) is 5.80 Å². The highest BCUT2D eigenvalue weighted by atomic mass is 32.2. The number of rotatable bonds is 14. The van der Waals surface area contributed by atoms with Crippen LogP contribution < -0.4 is 0 Å². The van der Waals surface area contributed by atoms with Crippen LogP contribution in [0.4, 0.5) is 4.79 Å². The summed E-state index contributed by atoms with van der Waals surface area (Å²) < 4.78 is 36.0. The number of amides is 2. The second-order valence-electron chi connectivity index (χ2n) is 11.2. The van der Waals surface area contributed by atoms with Crippen molar-refractivity contribution in [2.24, 2.45) is 5.41 Å². The van der Waals surface area contributed by atoms with Crippen molar-refractivity contribution in [2.75, 3.05) is 33.0 Å². The number of hydrogen-bond donors (Lipinski definition) is 0. The van der Waals surface area contributed by atoms with Crippen LogP contribution in [0.5, 0.6) is 0 Å². The first kappa shape index (κ1) is 35.2. The van der Waals surface area contributed by atoms with E-state index >= 15 is 0 Å². The quantitative estimate of drug-likeness (QED) is 0.0993. The van der Waals surface area contributed by atoms with Gasteiger partial charge in [-0.2, -0.15) is 0 Å². The number of ether oxygens (including phenoxy) is 2. The van der Waals surface area contributed by atoms with E-state index in [1.807, 2.05) is 27.7 Å². The SMILES string of the molecule is C=CCOC(=O)N1C(=O)[C@](C=P(OCC)(OCC)OCC)([C@@H](C)O[Si](C)(C)C(C)(C)C)[C@H]1SC(=O)C1CCCO1. The normalized spacial score (nSPS) is 24.4. The number of β-lactam (4-membered cyclic amide) rings is 1. The van der Waals surface area contributed by atoms with Crippen molar-refractivity contribution in [1.29, 1.82) is 0 Å². The predicted molar refractivity (Wildman–Crippen MR) is 162 cm³/mol. The summed E-state index contributed by atoms with van der Waals surface area (Å²) in [5, 5.41) is -1.42. The van der Waals surface area contributed by atoms with E-state index in [-0.39, 0.29) is 36.6 Å². The molecule has 0 aromatic carbocycles. The Labute approximate surface area is 245 Å². The Kier molecular flexibility index (Phi) is 12.7. The summed E-state index contributed by atoms with van der Waals surface area (Å²) in [4.78, 5) is 41.8. The molecule has 2 aliphatic heterocycles. The van der Waals surface area contributed by atoms with Crippen molar-refractivity contribution >= 4 is 50.6 Å². The van der Waals surface area contributed by atoms with Crippen LogP contribution in [0.25, 0.3) is 0 Å². The van der Waals surface area contributed by atoms with Crippen LogP contribution >= 0.6 is 19.3 Å². The molecule has 2 aliphatic rings. The van der Waals surface area contributed by atoms with Crippen LogP contribution in [0.2, 0.25) is 18.1 Å². The summed E-state index contributed by atoms with van der Waals surface area (Å²) in [5.41, 5.74) is -1.49. The van der Waals surface area contributed by atoms with Crippen LogP contribution in [0.3, 0.4) is 0 Å². The van der Waals surface area contributed by atoms with Crippen molar-refractivity contribution < 1.29 is 41.9 Å². The molecule has 0 N–H and O–H groups in total. The Balaban J connectivity index is 2.77. The zero-order valence-corrected chi connectivity index (χ0v) is 28.2. The lowest BCUT2D eigenvalue weighted by Crippen LogP contribution is -2.75. The lowest BCUT2D eigenvalue weighted by atomic mass is 9.76. The summed E-state index contributed by atoms with van der Waals surface area (Å²) in [5.74, 6) is 1.10. The van der Waals surface area contributed by atoms with E-state index in [4.69, 9.17) is 27.5 Å². The van der Waals surface area contributed by atoms with Crippen molar-refractivity contribution in [3.05, 3.63) is 12.7 Å². The van der Waals surface area contributed by atoms with E-state index in [9.17, 15) is 14.4 Å². The first-order valence-corrected chi connectivity index (χ1v) is 19.4. The Morgan fingerprint density at radius 1 is 1.20 bits per heavy atom. The lowest BCUT2D eigenvalue weighted by Gasteiger charge is -2.56. The van der Waals surface area contributed by atoms with Crippen LogP contribution in [0.1, 0.15) is 61.3 Å². The molecule has 13 heteroatoms. The largest absolute Gasteiger partial charge is 0.445 e. The molecule has 2 saturated heterocycles. The van der Waals surface area contributed by atoms with Gasteiger partial charge in [0.15, 0.2) is 8.32 Å². The average Bonchev–Trinajstić information content (AvgIpc) is 3.40. The summed E-state index contributed by atoms with van der Waals surface area (Å²) in [6, 6.07) is 0. The Hall–Kier alpha value is -0.983. The number of carbonyl (C=O) groups excluding carboxylic acids is 3. The standard InChI is InChI=1S/C27H48NO9PSSi/c1-11-17-33-25(31)28-23(30)27(20(5)37-40(9,10)26(6,7)8,19-38(34-12-2,35-13-3)36-14-4)24(28)39-22(29)21-16-15-18-32-21/h11,19-21,24H,1,12-18H2,2-10H3/t20-,21?,24-,27+/m1/s1. The fraction of sp³-hybridized carbons (Fsp3) is 0.778. The van der Waals surface area contributed by atoms with Crippen LogP contribution in [0, 0.1) is 5.41 Å². The summed E-state index contributed by atoms with van der Waals surface area (Å²) >= 11 is 0.891. The third-order valence-electron chi connectivity index (χ3n) is 7.42. The highest BCUT2D eigenvalue weighted by molar-refractivity contribution is 8.14. The molecule has 2 fully saturated rings. The fourth-order valence-electron chi connectivity index (χ4n) is 4.39. The fourth-order valence-corrected chi connectivity index (χ4v) is 9.83. The molecule has 0 radical (unpaired) electrons. The van der Waals surface area contributed by atoms with Gasteiger partial charge in [0.25, 0.3) is 7.57 Å². The predicted octanol–water partition coefficient (Wildman–Crippen LogP) is 5.99. The smallest absolute Gasteiger partial charge is 0.417 e. The number of nitrogens with zero attached hydrogens (tertiary/aromatic N) is 1. The number of likely N-dealkylation sites (tertiary alicyclic amines) is 1. The van der Waals surface area contributed by atoms with Gasteiger partial charge in [-0.3, -0.25) is 9.59 Å². The minimum atomic E-state index is -3.23. The van der Waals surface area contributed by atoms with E-state index in [0.29, 0.717) is 13.0 Å². The van der Waals surface area contributed by atoms with Crippen LogP contribution in [0.15, 0.2) is 12.7 Å². The minimum Gasteiger partial charge on any atom is -0.445 e. The maximum Gasteiger partial charge on any atom is 0.417 e. The Morgan fingerprint density at radius 2 is 1.77 bits per heavy atom. The molecule has 0 bridgehead atoms. The molecule has 40 heavy (non-hydrogen) atoms. The lowest BCUT2D eigenvalue weighted by molar-refractivity contribution is -0.159. The molecular weight excluding hydrogens is 573 g/mol. The van der Waals surface area contributed by atoms with Crippen molar-refractivity contribution in [1.82, 2.24) is 4.90 Å². The molecule has 0 spiro atoms. The van der Waals surface area contributed by atoms with Crippen molar-refractivity contribution in [2.45, 2.75) is 97.0 Å². The topological polar surface area (TPSA) is 110 Å². The third-order valence-corrected chi connectivity index (χ3v) is 15.9. The first-order valence-electron chi connectivity index (χ1n) is 14.0. The van der Waals surface area contributed by atoms with Gasteiger partial charge in [0, 0.05) is 12.4 Å². The molecule has 4 atom stereocenters. The average molecular weight is 622 g/mol. The van der Waals surface area contributed by atoms with Crippen LogP contribution in [-0.2, 0) is 37.1 Å². The second kappa shape index (κ2) is 14.5. The Bertz CT molecular complexity index is 956. The molecule has 10 nitrogen and oxygen atoms in total. The van der Waals surface area contributed by atoms with Gasteiger partial charge in [-0.05, 0) is 58.7 Å². The molecular formula is C27H48NO9PSSi. The van der Waals surface area contributed by atoms with E-state index in [0.717, 1.165) is 23.1 Å². The molecule has 0 aliphatic carbocycles. The molecule has 2 rings (SSSR count). The second-order valence-corrected chi connectivity index (χ2v) is 19.2. The first-order chi connectivity index (χ1) is 18.7. The zero-order valence-electron chi connectivity index (χ0n) is 25.5. The van der Waals surface area contributed by atoms with Crippen LogP contribution in [-0.4, -0.2) is 86.7 Å². The Morgan fingerprint density at radius 3 is 2.23 bits per heavy atom. The van der Waals surface area contributed by atoms with Gasteiger partial charge < -0.3 is 27.5 Å². The molecule has 230 valence electrons. The van der Waals surface area contributed by atoms with E-state index < -0.39 is 50.9 Å². The number of imide groups is 1. The highest BCUT2D eigenvalue weighted by Gasteiger charge is 2.68. The van der Waals surface area contributed by atoms with Crippen molar-refractivity contribution in [3.8, 4) is 0 Å². The summed E-state index contributed by atoms with van der Waals surface area (Å²) in [6.45, 7) is 22.5. The molecule has 0 aromatic rings. The van der Waals surface area contributed by atoms with Gasteiger partial charge in [-0.1, -0.05) is 45.2 Å².